The molecule has 1 atom stereocenters. The van der Waals surface area contributed by atoms with Crippen molar-refractivity contribution in [2.75, 3.05) is 0 Å². The van der Waals surface area contributed by atoms with E-state index in [0.717, 1.165) is 25.7 Å². The van der Waals surface area contributed by atoms with Gasteiger partial charge in [0.1, 0.15) is 0 Å². The Hall–Kier alpha value is -1.43. The van der Waals surface area contributed by atoms with E-state index >= 15 is 0 Å². The zero-order valence-corrected chi connectivity index (χ0v) is 13.9. The quantitative estimate of drug-likeness (QED) is 0.288. The lowest BCUT2D eigenvalue weighted by atomic mass is 10.1. The first-order chi connectivity index (χ1) is 9.95. The zero-order valence-electron chi connectivity index (χ0n) is 12.3. The average Bonchev–Trinajstić information content (AvgIpc) is 2.43. The van der Waals surface area contributed by atoms with Crippen molar-refractivity contribution in [3.05, 3.63) is 38.3 Å². The SMILES string of the molecule is CCCCCCC(C)OC(=O)c1ccc(Br)c([N+](=O)[O-])c1. The topological polar surface area (TPSA) is 69.4 Å². The maximum atomic E-state index is 12.0. The molecule has 0 bridgehead atoms. The molecule has 1 unspecified atom stereocenters. The van der Waals surface area contributed by atoms with Crippen molar-refractivity contribution in [1.29, 1.82) is 0 Å². The molecule has 0 amide bonds. The van der Waals surface area contributed by atoms with Gasteiger partial charge in [0.25, 0.3) is 5.69 Å². The Morgan fingerprint density at radius 1 is 1.38 bits per heavy atom. The molecule has 0 aliphatic heterocycles. The van der Waals surface area contributed by atoms with Gasteiger partial charge in [-0.25, -0.2) is 4.79 Å². The molecule has 0 aromatic heterocycles. The van der Waals surface area contributed by atoms with Gasteiger partial charge in [-0.2, -0.15) is 0 Å². The van der Waals surface area contributed by atoms with Crippen LogP contribution in [0.25, 0.3) is 0 Å². The van der Waals surface area contributed by atoms with Gasteiger partial charge in [-0.15, -0.1) is 0 Å². The Balaban J connectivity index is 2.59. The molecule has 0 aliphatic rings. The predicted molar refractivity (Wildman–Crippen MR) is 84.4 cm³/mol. The number of esters is 1. The highest BCUT2D eigenvalue weighted by Crippen LogP contribution is 2.26. The highest BCUT2D eigenvalue weighted by Gasteiger charge is 2.18. The standard InChI is InChI=1S/C15H20BrNO4/c1-3-4-5-6-7-11(2)21-15(18)12-8-9-13(16)14(10-12)17(19)20/h8-11H,3-7H2,1-2H3. The number of nitro benzene ring substituents is 1. The van der Waals surface area contributed by atoms with Crippen molar-refractivity contribution in [3.63, 3.8) is 0 Å². The second-order valence-corrected chi connectivity index (χ2v) is 5.84. The number of carbonyl (C=O) groups excluding carboxylic acids is 1. The Kier molecular flexibility index (Phi) is 7.36. The van der Waals surface area contributed by atoms with Crippen LogP contribution in [-0.4, -0.2) is 17.0 Å². The van der Waals surface area contributed by atoms with Gasteiger partial charge in [-0.3, -0.25) is 10.1 Å². The molecule has 5 nitrogen and oxygen atoms in total. The summed E-state index contributed by atoms with van der Waals surface area (Å²) in [7, 11) is 0. The molecule has 1 aromatic carbocycles. The molecule has 1 rings (SSSR count). The van der Waals surface area contributed by atoms with Crippen molar-refractivity contribution in [1.82, 2.24) is 0 Å². The lowest BCUT2D eigenvalue weighted by molar-refractivity contribution is -0.385. The van der Waals surface area contributed by atoms with Crippen LogP contribution in [0, 0.1) is 10.1 Å². The van der Waals surface area contributed by atoms with Crippen molar-refractivity contribution in [2.24, 2.45) is 0 Å². The number of hydrogen-bond donors (Lipinski definition) is 0. The summed E-state index contributed by atoms with van der Waals surface area (Å²) in [6.07, 6.45) is 5.11. The minimum Gasteiger partial charge on any atom is -0.459 e. The fourth-order valence-electron chi connectivity index (χ4n) is 1.95. The van der Waals surface area contributed by atoms with E-state index in [1.165, 1.54) is 24.6 Å². The van der Waals surface area contributed by atoms with Crippen LogP contribution in [0.15, 0.2) is 22.7 Å². The molecule has 0 heterocycles. The first kappa shape index (κ1) is 17.6. The number of benzene rings is 1. The summed E-state index contributed by atoms with van der Waals surface area (Å²) < 4.78 is 5.66. The van der Waals surface area contributed by atoms with Gasteiger partial charge in [0.15, 0.2) is 0 Å². The summed E-state index contributed by atoms with van der Waals surface area (Å²) in [6.45, 7) is 3.99. The summed E-state index contributed by atoms with van der Waals surface area (Å²) >= 11 is 3.09. The van der Waals surface area contributed by atoms with Gasteiger partial charge in [0, 0.05) is 6.07 Å². The van der Waals surface area contributed by atoms with Gasteiger partial charge in [-0.1, -0.05) is 26.2 Å². The van der Waals surface area contributed by atoms with Crippen LogP contribution in [0.2, 0.25) is 0 Å². The summed E-state index contributed by atoms with van der Waals surface area (Å²) in [5.74, 6) is -0.520. The molecule has 0 radical (unpaired) electrons. The molecular weight excluding hydrogens is 338 g/mol. The summed E-state index contributed by atoms with van der Waals surface area (Å²) in [4.78, 5) is 22.3. The molecular formula is C15H20BrNO4. The van der Waals surface area contributed by atoms with Gasteiger partial charge >= 0.3 is 5.97 Å². The minimum absolute atomic E-state index is 0.139. The summed E-state index contributed by atoms with van der Waals surface area (Å²) in [6, 6.07) is 4.24. The van der Waals surface area contributed by atoms with E-state index in [1.807, 2.05) is 6.92 Å². The number of nitrogens with zero attached hydrogens (tertiary/aromatic N) is 1. The van der Waals surface area contributed by atoms with Crippen molar-refractivity contribution < 1.29 is 14.5 Å². The van der Waals surface area contributed by atoms with Crippen LogP contribution < -0.4 is 0 Å². The molecule has 0 N–H and O–H groups in total. The third-order valence-electron chi connectivity index (χ3n) is 3.15. The molecule has 0 saturated heterocycles. The monoisotopic (exact) mass is 357 g/mol. The van der Waals surface area contributed by atoms with Crippen LogP contribution >= 0.6 is 15.9 Å². The second kappa shape index (κ2) is 8.77. The lowest BCUT2D eigenvalue weighted by Crippen LogP contribution is -2.15. The molecule has 0 aliphatic carbocycles. The van der Waals surface area contributed by atoms with E-state index in [1.54, 1.807) is 0 Å². The molecule has 0 saturated carbocycles. The van der Waals surface area contributed by atoms with Gasteiger partial charge in [0.2, 0.25) is 0 Å². The van der Waals surface area contributed by atoms with E-state index in [4.69, 9.17) is 4.74 Å². The fraction of sp³-hybridized carbons (Fsp3) is 0.533. The van der Waals surface area contributed by atoms with Gasteiger partial charge in [-0.05, 0) is 47.8 Å². The first-order valence-corrected chi connectivity index (χ1v) is 7.90. The van der Waals surface area contributed by atoms with E-state index in [0.29, 0.717) is 4.47 Å². The molecule has 6 heteroatoms. The highest BCUT2D eigenvalue weighted by atomic mass is 79.9. The zero-order chi connectivity index (χ0) is 15.8. The van der Waals surface area contributed by atoms with E-state index < -0.39 is 10.9 Å². The average molecular weight is 358 g/mol. The van der Waals surface area contributed by atoms with E-state index in [2.05, 4.69) is 22.9 Å². The number of ether oxygens (including phenoxy) is 1. The lowest BCUT2D eigenvalue weighted by Gasteiger charge is -2.13. The molecule has 21 heavy (non-hydrogen) atoms. The maximum Gasteiger partial charge on any atom is 0.338 e. The Bertz CT molecular complexity index is 504. The van der Waals surface area contributed by atoms with Crippen LogP contribution in [0.3, 0.4) is 0 Å². The largest absolute Gasteiger partial charge is 0.459 e. The maximum absolute atomic E-state index is 12.0. The third kappa shape index (κ3) is 5.83. The van der Waals surface area contributed by atoms with Crippen molar-refractivity contribution in [2.45, 2.75) is 52.1 Å². The molecule has 116 valence electrons. The number of nitro groups is 1. The smallest absolute Gasteiger partial charge is 0.338 e. The van der Waals surface area contributed by atoms with E-state index in [9.17, 15) is 14.9 Å². The number of hydrogen-bond acceptors (Lipinski definition) is 4. The molecule has 1 aromatic rings. The minimum atomic E-state index is -0.533. The fourth-order valence-corrected chi connectivity index (χ4v) is 2.34. The Morgan fingerprint density at radius 3 is 2.71 bits per heavy atom. The number of halogens is 1. The van der Waals surface area contributed by atoms with Crippen LogP contribution in [0.5, 0.6) is 0 Å². The highest BCUT2D eigenvalue weighted by molar-refractivity contribution is 9.10. The summed E-state index contributed by atoms with van der Waals surface area (Å²) in [5.41, 5.74) is 0.0605. The van der Waals surface area contributed by atoms with Crippen LogP contribution in [-0.2, 0) is 4.74 Å². The predicted octanol–water partition coefficient (Wildman–Crippen LogP) is 4.87. The van der Waals surface area contributed by atoms with Gasteiger partial charge in [0.05, 0.1) is 21.1 Å². The normalized spacial score (nSPS) is 12.0. The Labute approximate surface area is 133 Å². The third-order valence-corrected chi connectivity index (χ3v) is 3.82. The van der Waals surface area contributed by atoms with E-state index in [-0.39, 0.29) is 17.4 Å². The molecule has 0 fully saturated rings. The van der Waals surface area contributed by atoms with Crippen LogP contribution in [0.4, 0.5) is 5.69 Å². The first-order valence-electron chi connectivity index (χ1n) is 7.10. The number of rotatable bonds is 8. The summed E-state index contributed by atoms with van der Waals surface area (Å²) in [5, 5.41) is 10.8. The molecule has 0 spiro atoms. The van der Waals surface area contributed by atoms with Crippen LogP contribution in [0.1, 0.15) is 56.3 Å². The Morgan fingerprint density at radius 2 is 2.10 bits per heavy atom. The van der Waals surface area contributed by atoms with Crippen molar-refractivity contribution in [3.8, 4) is 0 Å². The van der Waals surface area contributed by atoms with Crippen molar-refractivity contribution >= 4 is 27.6 Å². The number of unbranched alkanes of at least 4 members (excludes halogenated alkanes) is 3. The second-order valence-electron chi connectivity index (χ2n) is 4.99. The van der Waals surface area contributed by atoms with Gasteiger partial charge < -0.3 is 4.74 Å². The number of carbonyl (C=O) groups is 1.